The molecule has 2 aromatic carbocycles. The summed E-state index contributed by atoms with van der Waals surface area (Å²) in [7, 11) is 1.80. The first-order valence-corrected chi connectivity index (χ1v) is 12.2. The summed E-state index contributed by atoms with van der Waals surface area (Å²) in [5.41, 5.74) is 0.790. The lowest BCUT2D eigenvalue weighted by Crippen LogP contribution is -2.38. The van der Waals surface area contributed by atoms with Crippen molar-refractivity contribution in [2.24, 2.45) is 0 Å². The topological polar surface area (TPSA) is 66.4 Å². The van der Waals surface area contributed by atoms with Crippen LogP contribution in [0.4, 0.5) is 13.2 Å². The molecule has 0 atom stereocenters. The fourth-order valence-electron chi connectivity index (χ4n) is 4.78. The largest absolute Gasteiger partial charge is 0.416 e. The molecule has 3 aromatic rings. The van der Waals surface area contributed by atoms with E-state index in [9.17, 15) is 22.8 Å². The van der Waals surface area contributed by atoms with Gasteiger partial charge in [0.1, 0.15) is 6.54 Å². The fourth-order valence-corrected chi connectivity index (χ4v) is 4.95. The van der Waals surface area contributed by atoms with Gasteiger partial charge in [-0.15, -0.1) is 0 Å². The molecule has 36 heavy (non-hydrogen) atoms. The molecule has 1 fully saturated rings. The number of hydrogen-bond donors (Lipinski definition) is 2. The van der Waals surface area contributed by atoms with E-state index in [-0.39, 0.29) is 29.8 Å². The number of rotatable bonds is 7. The van der Waals surface area contributed by atoms with E-state index in [1.165, 1.54) is 12.1 Å². The molecule has 1 aromatic heterocycles. The van der Waals surface area contributed by atoms with Crippen LogP contribution in [0, 0.1) is 0 Å². The first-order chi connectivity index (χ1) is 17.2. The lowest BCUT2D eigenvalue weighted by atomic mass is 9.86. The van der Waals surface area contributed by atoms with Gasteiger partial charge in [-0.25, -0.2) is 0 Å². The van der Waals surface area contributed by atoms with Crippen molar-refractivity contribution in [3.05, 3.63) is 70.4 Å². The van der Waals surface area contributed by atoms with Crippen LogP contribution >= 0.6 is 11.6 Å². The Hall–Kier alpha value is -3.04. The number of carbonyl (C=O) groups excluding carboxylic acids is 2. The molecule has 4 rings (SSSR count). The number of nitrogens with one attached hydrogen (secondary N) is 2. The van der Waals surface area contributed by atoms with Crippen molar-refractivity contribution >= 4 is 34.3 Å². The number of amides is 2. The molecule has 0 bridgehead atoms. The van der Waals surface area contributed by atoms with Crippen LogP contribution < -0.4 is 10.6 Å². The van der Waals surface area contributed by atoms with Crippen LogP contribution in [0.3, 0.4) is 0 Å². The third kappa shape index (κ3) is 5.68. The summed E-state index contributed by atoms with van der Waals surface area (Å²) >= 11 is 6.19. The van der Waals surface area contributed by atoms with Crippen LogP contribution in [0.2, 0.25) is 5.02 Å². The molecule has 2 amide bonds. The fraction of sp³-hybridized carbons (Fsp3) is 0.385. The Morgan fingerprint density at radius 1 is 1.08 bits per heavy atom. The van der Waals surface area contributed by atoms with Gasteiger partial charge < -0.3 is 20.1 Å². The van der Waals surface area contributed by atoms with E-state index in [0.717, 1.165) is 6.07 Å². The molecule has 0 unspecified atom stereocenters. The minimum Gasteiger partial charge on any atom is -0.353 e. The first kappa shape index (κ1) is 26.0. The van der Waals surface area contributed by atoms with Gasteiger partial charge in [-0.05, 0) is 49.6 Å². The Morgan fingerprint density at radius 3 is 2.50 bits per heavy atom. The molecule has 0 saturated carbocycles. The van der Waals surface area contributed by atoms with Crippen molar-refractivity contribution in [3.8, 4) is 0 Å². The molecule has 1 aliphatic heterocycles. The summed E-state index contributed by atoms with van der Waals surface area (Å²) < 4.78 is 42.1. The highest BCUT2D eigenvalue weighted by atomic mass is 35.5. The minimum atomic E-state index is -4.41. The molecule has 1 saturated heterocycles. The number of benzene rings is 2. The van der Waals surface area contributed by atoms with Crippen LogP contribution in [-0.4, -0.2) is 54.5 Å². The highest BCUT2D eigenvalue weighted by molar-refractivity contribution is 6.31. The number of hydrogen-bond acceptors (Lipinski definition) is 3. The van der Waals surface area contributed by atoms with Crippen LogP contribution in [0.25, 0.3) is 10.9 Å². The number of alkyl halides is 3. The predicted molar refractivity (Wildman–Crippen MR) is 133 cm³/mol. The van der Waals surface area contributed by atoms with Gasteiger partial charge in [-0.3, -0.25) is 9.59 Å². The number of piperidine rings is 1. The van der Waals surface area contributed by atoms with Gasteiger partial charge in [0.15, 0.2) is 0 Å². The van der Waals surface area contributed by atoms with E-state index in [4.69, 9.17) is 11.6 Å². The molecular weight excluding hydrogens is 493 g/mol. The zero-order valence-corrected chi connectivity index (χ0v) is 20.6. The Balaban J connectivity index is 1.52. The van der Waals surface area contributed by atoms with E-state index in [1.807, 2.05) is 0 Å². The Labute approximate surface area is 212 Å². The molecule has 1 aliphatic rings. The molecule has 0 aliphatic carbocycles. The second-order valence-electron chi connectivity index (χ2n) is 8.94. The number of nitrogens with zero attached hydrogens (tertiary/aromatic N) is 2. The maximum absolute atomic E-state index is 13.5. The van der Waals surface area contributed by atoms with Gasteiger partial charge in [-0.1, -0.05) is 35.9 Å². The maximum atomic E-state index is 13.5. The summed E-state index contributed by atoms with van der Waals surface area (Å²) in [5, 5.41) is 6.94. The van der Waals surface area contributed by atoms with Crippen molar-refractivity contribution in [1.29, 1.82) is 0 Å². The van der Waals surface area contributed by atoms with Crippen LogP contribution in [0.1, 0.15) is 40.2 Å². The molecule has 2 N–H and O–H groups in total. The van der Waals surface area contributed by atoms with E-state index in [2.05, 4.69) is 10.6 Å². The number of carbonyl (C=O) groups is 2. The second-order valence-corrected chi connectivity index (χ2v) is 9.37. The monoisotopic (exact) mass is 520 g/mol. The highest BCUT2D eigenvalue weighted by Crippen LogP contribution is 2.39. The molecular formula is C26H28ClF3N4O2. The van der Waals surface area contributed by atoms with Gasteiger partial charge >= 0.3 is 6.18 Å². The van der Waals surface area contributed by atoms with Crippen molar-refractivity contribution in [2.45, 2.75) is 31.5 Å². The lowest BCUT2D eigenvalue weighted by molar-refractivity contribution is -0.138. The highest BCUT2D eigenvalue weighted by Gasteiger charge is 2.36. The number of likely N-dealkylation sites (tertiary alicyclic amines) is 1. The number of halogens is 4. The third-order valence-electron chi connectivity index (χ3n) is 6.57. The summed E-state index contributed by atoms with van der Waals surface area (Å²) in [5.74, 6) is -0.669. The molecule has 0 spiro atoms. The van der Waals surface area contributed by atoms with Crippen molar-refractivity contribution in [2.75, 3.05) is 33.2 Å². The maximum Gasteiger partial charge on any atom is 0.416 e. The normalized spacial score (nSPS) is 14.9. The predicted octanol–water partition coefficient (Wildman–Crippen LogP) is 4.67. The van der Waals surface area contributed by atoms with Gasteiger partial charge in [0.2, 0.25) is 5.91 Å². The Kier molecular flexibility index (Phi) is 7.90. The average molecular weight is 521 g/mol. The summed E-state index contributed by atoms with van der Waals surface area (Å²) in [4.78, 5) is 27.5. The van der Waals surface area contributed by atoms with Crippen molar-refractivity contribution in [3.63, 3.8) is 0 Å². The Morgan fingerprint density at radius 2 is 1.81 bits per heavy atom. The Bertz CT molecular complexity index is 1250. The van der Waals surface area contributed by atoms with Crippen LogP contribution in [-0.2, 0) is 17.5 Å². The molecule has 0 radical (unpaired) electrons. The van der Waals surface area contributed by atoms with Gasteiger partial charge in [0.25, 0.3) is 5.91 Å². The number of fused-ring (bicyclic) bond motifs is 1. The number of likely N-dealkylation sites (N-methyl/N-ethyl adjacent to an activating group) is 1. The molecule has 6 nitrogen and oxygen atoms in total. The van der Waals surface area contributed by atoms with E-state index < -0.39 is 11.7 Å². The van der Waals surface area contributed by atoms with E-state index in [0.29, 0.717) is 60.5 Å². The van der Waals surface area contributed by atoms with Crippen molar-refractivity contribution in [1.82, 2.24) is 20.1 Å². The average Bonchev–Trinajstić information content (AvgIpc) is 3.20. The van der Waals surface area contributed by atoms with E-state index >= 15 is 0 Å². The lowest BCUT2D eigenvalue weighted by Gasteiger charge is -2.33. The molecule has 192 valence electrons. The van der Waals surface area contributed by atoms with Gasteiger partial charge in [-0.2, -0.15) is 13.2 Å². The second kappa shape index (κ2) is 10.9. The smallest absolute Gasteiger partial charge is 0.353 e. The molecule has 10 heteroatoms. The molecule has 2 heterocycles. The first-order valence-electron chi connectivity index (χ1n) is 11.8. The zero-order chi connectivity index (χ0) is 25.9. The van der Waals surface area contributed by atoms with Crippen LogP contribution in [0.15, 0.2) is 48.7 Å². The summed E-state index contributed by atoms with van der Waals surface area (Å²) in [6.07, 6.45) is -1.87. The zero-order valence-electron chi connectivity index (χ0n) is 19.9. The van der Waals surface area contributed by atoms with Gasteiger partial charge in [0, 0.05) is 42.8 Å². The summed E-state index contributed by atoms with van der Waals surface area (Å²) in [6, 6.07) is 10.8. The van der Waals surface area contributed by atoms with Crippen LogP contribution in [0.5, 0.6) is 0 Å². The SMILES string of the molecule is CNCCNC(=O)Cn1cc(C(=O)N2CCC(c3ccccc3C(F)(F)F)CC2)c2ccc(Cl)cc21. The van der Waals surface area contributed by atoms with Crippen molar-refractivity contribution < 1.29 is 22.8 Å². The third-order valence-corrected chi connectivity index (χ3v) is 6.81. The number of aromatic nitrogens is 1. The van der Waals surface area contributed by atoms with Gasteiger partial charge in [0.05, 0.1) is 16.6 Å². The summed E-state index contributed by atoms with van der Waals surface area (Å²) in [6.45, 7) is 1.84. The minimum absolute atomic E-state index is 0.0319. The standard InChI is InChI=1S/C26H28ClF3N4O2/c1-31-10-11-32-24(35)16-34-15-21(20-7-6-18(27)14-23(20)34)25(36)33-12-8-17(9-13-33)19-4-2-3-5-22(19)26(28,29)30/h2-7,14-15,17,31H,8-13,16H2,1H3,(H,32,35). The van der Waals surface area contributed by atoms with E-state index in [1.54, 1.807) is 47.0 Å². The quantitative estimate of drug-likeness (QED) is 0.445.